The first kappa shape index (κ1) is 22.2. The Labute approximate surface area is 196 Å². The van der Waals surface area contributed by atoms with Gasteiger partial charge >= 0.3 is 0 Å². The average Bonchev–Trinajstić information content (AvgIpc) is 2.82. The summed E-state index contributed by atoms with van der Waals surface area (Å²) in [6.07, 6.45) is 1.84. The van der Waals surface area contributed by atoms with Crippen LogP contribution in [0.2, 0.25) is 0 Å². The summed E-state index contributed by atoms with van der Waals surface area (Å²) in [5, 5.41) is 24.1. The van der Waals surface area contributed by atoms with E-state index < -0.39 is 6.04 Å². The Morgan fingerprint density at radius 3 is 2.68 bits per heavy atom. The van der Waals surface area contributed by atoms with Gasteiger partial charge < -0.3 is 26.3 Å². The monoisotopic (exact) mass is 454 g/mol. The number of aliphatic imine (C=N–C) groups is 1. The Bertz CT molecular complexity index is 1370. The molecule has 1 aliphatic rings. The number of hydrogen-bond acceptors (Lipinski definition) is 10. The molecule has 1 aliphatic heterocycles. The smallest absolute Gasteiger partial charge is 0.211 e. The molecule has 0 spiro atoms. The number of nitrogens with one attached hydrogen (secondary N) is 2. The number of rotatable bonds is 5. The van der Waals surface area contributed by atoms with Crippen molar-refractivity contribution in [2.24, 2.45) is 4.99 Å². The van der Waals surface area contributed by atoms with Gasteiger partial charge in [-0.05, 0) is 18.6 Å². The summed E-state index contributed by atoms with van der Waals surface area (Å²) in [6, 6.07) is 14.6. The molecule has 1 unspecified atom stereocenters. The van der Waals surface area contributed by atoms with Crippen LogP contribution in [0.3, 0.4) is 0 Å². The van der Waals surface area contributed by atoms with E-state index in [0.717, 1.165) is 11.1 Å². The summed E-state index contributed by atoms with van der Waals surface area (Å²) >= 11 is 0. The van der Waals surface area contributed by atoms with Crippen LogP contribution >= 0.6 is 0 Å². The summed E-state index contributed by atoms with van der Waals surface area (Å²) < 4.78 is 11.8. The number of aryl methyl sites for hydroxylation is 1. The Morgan fingerprint density at radius 2 is 1.97 bits per heavy atom. The third-order valence-electron chi connectivity index (χ3n) is 5.35. The van der Waals surface area contributed by atoms with Crippen molar-refractivity contribution < 1.29 is 9.47 Å². The molecule has 10 nitrogen and oxygen atoms in total. The molecule has 10 heteroatoms. The molecule has 0 bridgehead atoms. The molecule has 1 atom stereocenters. The lowest BCUT2D eigenvalue weighted by atomic mass is 9.94. The minimum atomic E-state index is -0.755. The van der Waals surface area contributed by atoms with Crippen molar-refractivity contribution in [3.05, 3.63) is 70.3 Å². The quantitative estimate of drug-likeness (QED) is 0.334. The first-order valence-electron chi connectivity index (χ1n) is 10.3. The summed E-state index contributed by atoms with van der Waals surface area (Å²) in [5.41, 5.74) is 15.7. The highest BCUT2D eigenvalue weighted by atomic mass is 16.5. The number of anilines is 3. The van der Waals surface area contributed by atoms with Crippen LogP contribution in [0.25, 0.3) is 0 Å². The van der Waals surface area contributed by atoms with Gasteiger partial charge in [0.15, 0.2) is 17.7 Å². The minimum Gasteiger partial charge on any atom is -0.493 e. The van der Waals surface area contributed by atoms with Gasteiger partial charge in [-0.2, -0.15) is 10.5 Å². The van der Waals surface area contributed by atoms with Crippen molar-refractivity contribution in [3.63, 3.8) is 0 Å². The zero-order valence-corrected chi connectivity index (χ0v) is 18.6. The van der Waals surface area contributed by atoms with E-state index in [1.807, 2.05) is 49.5 Å². The van der Waals surface area contributed by atoms with E-state index in [2.05, 4.69) is 20.6 Å². The van der Waals surface area contributed by atoms with Gasteiger partial charge in [-0.25, -0.2) is 9.98 Å². The van der Waals surface area contributed by atoms with Gasteiger partial charge in [0.2, 0.25) is 5.96 Å². The van der Waals surface area contributed by atoms with Crippen LogP contribution < -0.4 is 31.6 Å². The number of aromatic nitrogens is 1. The molecular formula is C24H22N8O2. The van der Waals surface area contributed by atoms with E-state index in [1.54, 1.807) is 19.2 Å². The van der Waals surface area contributed by atoms with Crippen molar-refractivity contribution in [1.82, 2.24) is 10.3 Å². The number of hydrogen-bond donors (Lipinski definition) is 4. The van der Waals surface area contributed by atoms with Gasteiger partial charge in [0.25, 0.3) is 0 Å². The first-order valence-corrected chi connectivity index (χ1v) is 10.3. The van der Waals surface area contributed by atoms with Crippen molar-refractivity contribution in [2.45, 2.75) is 19.6 Å². The lowest BCUT2D eigenvalue weighted by Crippen LogP contribution is -2.33. The van der Waals surface area contributed by atoms with Gasteiger partial charge in [0, 0.05) is 11.1 Å². The molecule has 34 heavy (non-hydrogen) atoms. The highest BCUT2D eigenvalue weighted by molar-refractivity contribution is 5.98. The third-order valence-corrected chi connectivity index (χ3v) is 5.35. The van der Waals surface area contributed by atoms with E-state index in [4.69, 9.17) is 26.2 Å². The second-order valence-corrected chi connectivity index (χ2v) is 7.56. The Kier molecular flexibility index (Phi) is 6.06. The highest BCUT2D eigenvalue weighted by Crippen LogP contribution is 2.45. The number of ether oxygens (including phenoxy) is 2. The topological polar surface area (TPSA) is 167 Å². The average molecular weight is 454 g/mol. The van der Waals surface area contributed by atoms with Crippen molar-refractivity contribution >= 4 is 23.3 Å². The van der Waals surface area contributed by atoms with Crippen LogP contribution in [0.15, 0.2) is 47.5 Å². The van der Waals surface area contributed by atoms with Crippen molar-refractivity contribution in [2.75, 3.05) is 23.9 Å². The maximum absolute atomic E-state index is 9.56. The lowest BCUT2D eigenvalue weighted by molar-refractivity contribution is 0.280. The molecule has 0 saturated heterocycles. The zero-order chi connectivity index (χ0) is 24.2. The second kappa shape index (κ2) is 9.27. The minimum absolute atomic E-state index is 0.0234. The SMILES string of the molecule is COc1cccc(C2N=C(NC#N)Nc3nc(N)c(C#N)c(N)c32)c1OCc1cccc(C)c1. The molecule has 0 saturated carbocycles. The van der Waals surface area contributed by atoms with Gasteiger partial charge in [0.05, 0.1) is 12.8 Å². The number of nitrogens with two attached hydrogens (primary N) is 2. The predicted molar refractivity (Wildman–Crippen MR) is 128 cm³/mol. The molecule has 3 aromatic rings. The summed E-state index contributed by atoms with van der Waals surface area (Å²) in [5.74, 6) is 1.38. The highest BCUT2D eigenvalue weighted by Gasteiger charge is 2.32. The lowest BCUT2D eigenvalue weighted by Gasteiger charge is -2.27. The second-order valence-electron chi connectivity index (χ2n) is 7.56. The van der Waals surface area contributed by atoms with Crippen LogP contribution in [-0.2, 0) is 6.61 Å². The molecule has 2 aromatic carbocycles. The first-order chi connectivity index (χ1) is 16.5. The van der Waals surface area contributed by atoms with Crippen LogP contribution in [0.4, 0.5) is 17.3 Å². The summed E-state index contributed by atoms with van der Waals surface area (Å²) in [6.45, 7) is 2.30. The standard InChI is InChI=1S/C24H22N8O2/c1-13-5-3-6-14(9-13)11-34-21-15(7-4-8-17(21)33-2)20-18-19(27)16(10-25)22(28)31-23(18)32-24(30-20)29-12-26/h3-9,20H,11H2,1-2H3,(H6,27,28,29,30,31,32). The van der Waals surface area contributed by atoms with Gasteiger partial charge in [-0.1, -0.05) is 42.0 Å². The third kappa shape index (κ3) is 4.08. The molecule has 6 N–H and O–H groups in total. The Hall–Kier alpha value is -4.96. The van der Waals surface area contributed by atoms with Gasteiger partial charge in [0.1, 0.15) is 35.9 Å². The molecule has 4 rings (SSSR count). The number of guanidine groups is 1. The van der Waals surface area contributed by atoms with E-state index in [9.17, 15) is 5.26 Å². The Morgan fingerprint density at radius 1 is 1.18 bits per heavy atom. The fraction of sp³-hybridized carbons (Fsp3) is 0.167. The van der Waals surface area contributed by atoms with Crippen LogP contribution in [0.1, 0.15) is 33.9 Å². The number of para-hydroxylation sites is 1. The molecule has 2 heterocycles. The maximum Gasteiger partial charge on any atom is 0.211 e. The molecule has 0 aliphatic carbocycles. The predicted octanol–water partition coefficient (Wildman–Crippen LogP) is 2.96. The Balaban J connectivity index is 1.86. The van der Waals surface area contributed by atoms with Crippen LogP contribution in [0.5, 0.6) is 11.5 Å². The number of pyridine rings is 1. The number of benzene rings is 2. The summed E-state index contributed by atoms with van der Waals surface area (Å²) in [7, 11) is 1.55. The molecule has 1 aromatic heterocycles. The van der Waals surface area contributed by atoms with Gasteiger partial charge in [-0.3, -0.25) is 5.32 Å². The van der Waals surface area contributed by atoms with Gasteiger partial charge in [-0.15, -0.1) is 0 Å². The van der Waals surface area contributed by atoms with Crippen molar-refractivity contribution in [1.29, 1.82) is 10.5 Å². The number of fused-ring (bicyclic) bond motifs is 1. The van der Waals surface area contributed by atoms with Crippen LogP contribution in [-0.4, -0.2) is 18.1 Å². The summed E-state index contributed by atoms with van der Waals surface area (Å²) in [4.78, 5) is 8.91. The molecular weight excluding hydrogens is 432 g/mol. The van der Waals surface area contributed by atoms with E-state index in [-0.39, 0.29) is 23.0 Å². The number of methoxy groups -OCH3 is 1. The zero-order valence-electron chi connectivity index (χ0n) is 18.6. The number of nitrogen functional groups attached to an aromatic ring is 2. The molecule has 0 amide bonds. The van der Waals surface area contributed by atoms with Crippen LogP contribution in [0, 0.1) is 29.7 Å². The maximum atomic E-state index is 9.56. The van der Waals surface area contributed by atoms with E-state index >= 15 is 0 Å². The molecule has 0 radical (unpaired) electrons. The molecule has 170 valence electrons. The number of nitrogens with zero attached hydrogens (tertiary/aromatic N) is 4. The fourth-order valence-electron chi connectivity index (χ4n) is 3.83. The normalized spacial score (nSPS) is 14.0. The van der Waals surface area contributed by atoms with E-state index in [0.29, 0.717) is 35.1 Å². The van der Waals surface area contributed by atoms with Crippen molar-refractivity contribution in [3.8, 4) is 23.8 Å². The number of nitriles is 2. The molecule has 0 fully saturated rings. The van der Waals surface area contributed by atoms with E-state index in [1.165, 1.54) is 0 Å². The largest absolute Gasteiger partial charge is 0.493 e. The fourth-order valence-corrected chi connectivity index (χ4v) is 3.83.